The van der Waals surface area contributed by atoms with Crippen molar-refractivity contribution in [3.63, 3.8) is 0 Å². The van der Waals surface area contributed by atoms with Gasteiger partial charge in [0.05, 0.1) is 22.2 Å². The summed E-state index contributed by atoms with van der Waals surface area (Å²) in [5.74, 6) is 0. The van der Waals surface area contributed by atoms with Gasteiger partial charge in [-0.2, -0.15) is 0 Å². The molecule has 0 N–H and O–H groups in total. The van der Waals surface area contributed by atoms with E-state index in [-0.39, 0.29) is 18.3 Å². The molecule has 0 amide bonds. The monoisotopic (exact) mass is 371 g/mol. The lowest BCUT2D eigenvalue weighted by Gasteiger charge is -2.32. The van der Waals surface area contributed by atoms with Crippen molar-refractivity contribution in [2.45, 2.75) is 51.7 Å². The molecule has 142 valence electrons. The molecule has 2 aromatic carbocycles. The summed E-state index contributed by atoms with van der Waals surface area (Å²) in [6.07, 6.45) is 9.01. The van der Waals surface area contributed by atoms with Crippen molar-refractivity contribution in [1.29, 1.82) is 0 Å². The predicted octanol–water partition coefficient (Wildman–Crippen LogP) is 5.28. The summed E-state index contributed by atoms with van der Waals surface area (Å²) in [5.41, 5.74) is 4.06. The number of allylic oxidation sites excluding steroid dienone is 4. The van der Waals surface area contributed by atoms with Gasteiger partial charge in [-0.05, 0) is 64.2 Å². The second kappa shape index (κ2) is 6.10. The molecule has 1 aromatic heterocycles. The first kappa shape index (κ1) is 17.8. The van der Waals surface area contributed by atoms with Gasteiger partial charge in [0.25, 0.3) is 0 Å². The van der Waals surface area contributed by atoms with Crippen LogP contribution >= 0.6 is 0 Å². The molecule has 28 heavy (non-hydrogen) atoms. The van der Waals surface area contributed by atoms with Gasteiger partial charge < -0.3 is 13.9 Å². The Morgan fingerprint density at radius 3 is 2.29 bits per heavy atom. The molecule has 1 saturated heterocycles. The smallest absolute Gasteiger partial charge is 0.399 e. The standard InChI is InChI=1S/C24H26BNO2/c1-23(2)24(3,4)28-25(27-23)19-14-10-16-21-22(19)18-13-8-9-15-20(18)26(21)17-11-6-5-7-12-17/h6,8-16H,5,7H2,1-4H3. The largest absolute Gasteiger partial charge is 0.495 e. The Morgan fingerprint density at radius 2 is 1.57 bits per heavy atom. The molecule has 0 saturated carbocycles. The summed E-state index contributed by atoms with van der Waals surface area (Å²) in [5, 5.41) is 2.46. The Balaban J connectivity index is 1.78. The fourth-order valence-electron chi connectivity index (χ4n) is 4.26. The van der Waals surface area contributed by atoms with Crippen LogP contribution in [0, 0.1) is 0 Å². The van der Waals surface area contributed by atoms with Gasteiger partial charge in [0.15, 0.2) is 0 Å². The Morgan fingerprint density at radius 1 is 0.857 bits per heavy atom. The molecule has 2 heterocycles. The molecule has 4 heteroatoms. The highest BCUT2D eigenvalue weighted by atomic mass is 16.7. The highest BCUT2D eigenvalue weighted by Gasteiger charge is 2.52. The van der Waals surface area contributed by atoms with Crippen molar-refractivity contribution in [3.8, 4) is 0 Å². The number of fused-ring (bicyclic) bond motifs is 3. The third kappa shape index (κ3) is 2.52. The van der Waals surface area contributed by atoms with Crippen molar-refractivity contribution >= 4 is 40.1 Å². The molecule has 5 rings (SSSR count). The first-order valence-corrected chi connectivity index (χ1v) is 10.1. The fraction of sp³-hybridized carbons (Fsp3) is 0.333. The summed E-state index contributed by atoms with van der Waals surface area (Å²) in [6, 6.07) is 15.1. The van der Waals surface area contributed by atoms with Gasteiger partial charge in [0.2, 0.25) is 0 Å². The molecule has 1 fully saturated rings. The second-order valence-corrected chi connectivity index (χ2v) is 8.79. The lowest BCUT2D eigenvalue weighted by atomic mass is 9.76. The fourth-order valence-corrected chi connectivity index (χ4v) is 4.26. The number of para-hydroxylation sites is 1. The van der Waals surface area contributed by atoms with Crippen molar-refractivity contribution in [1.82, 2.24) is 4.57 Å². The number of hydrogen-bond acceptors (Lipinski definition) is 2. The van der Waals surface area contributed by atoms with Crippen LogP contribution in [-0.4, -0.2) is 22.9 Å². The van der Waals surface area contributed by atoms with Crippen molar-refractivity contribution in [3.05, 3.63) is 60.7 Å². The summed E-state index contributed by atoms with van der Waals surface area (Å²) in [6.45, 7) is 8.42. The SMILES string of the molecule is CC1(C)OB(c2cccc3c2c2ccccc2n3C2=CCCC=C2)OC1(C)C. The number of hydrogen-bond donors (Lipinski definition) is 0. The molecule has 1 aliphatic heterocycles. The molecule has 2 aliphatic rings. The van der Waals surface area contributed by atoms with Gasteiger partial charge in [-0.15, -0.1) is 0 Å². The third-order valence-corrected chi connectivity index (χ3v) is 6.47. The number of nitrogens with zero attached hydrogens (tertiary/aromatic N) is 1. The van der Waals surface area contributed by atoms with E-state index in [2.05, 4.69) is 93.0 Å². The summed E-state index contributed by atoms with van der Waals surface area (Å²) < 4.78 is 15.2. The van der Waals surface area contributed by atoms with Crippen LogP contribution in [-0.2, 0) is 9.31 Å². The topological polar surface area (TPSA) is 23.4 Å². The van der Waals surface area contributed by atoms with Crippen LogP contribution in [0.5, 0.6) is 0 Å². The number of aromatic nitrogens is 1. The predicted molar refractivity (Wildman–Crippen MR) is 118 cm³/mol. The lowest BCUT2D eigenvalue weighted by Crippen LogP contribution is -2.41. The van der Waals surface area contributed by atoms with Crippen LogP contribution in [0.4, 0.5) is 0 Å². The van der Waals surface area contributed by atoms with Gasteiger partial charge in [-0.25, -0.2) is 0 Å². The van der Waals surface area contributed by atoms with Crippen molar-refractivity contribution in [2.75, 3.05) is 0 Å². The lowest BCUT2D eigenvalue weighted by molar-refractivity contribution is 0.00578. The van der Waals surface area contributed by atoms with Gasteiger partial charge in [0, 0.05) is 16.5 Å². The van der Waals surface area contributed by atoms with Crippen LogP contribution < -0.4 is 5.46 Å². The Labute approximate surface area is 166 Å². The summed E-state index contributed by atoms with van der Waals surface area (Å²) >= 11 is 0. The van der Waals surface area contributed by atoms with Crippen LogP contribution in [0.2, 0.25) is 0 Å². The molecular formula is C24H26BNO2. The van der Waals surface area contributed by atoms with E-state index in [0.29, 0.717) is 0 Å². The zero-order valence-corrected chi connectivity index (χ0v) is 17.0. The van der Waals surface area contributed by atoms with Crippen LogP contribution in [0.25, 0.3) is 27.5 Å². The molecule has 1 aliphatic carbocycles. The van der Waals surface area contributed by atoms with Gasteiger partial charge >= 0.3 is 7.12 Å². The van der Waals surface area contributed by atoms with E-state index in [1.54, 1.807) is 0 Å². The molecule has 0 spiro atoms. The van der Waals surface area contributed by atoms with Crippen LogP contribution in [0.3, 0.4) is 0 Å². The molecule has 0 radical (unpaired) electrons. The first-order chi connectivity index (χ1) is 13.4. The van der Waals surface area contributed by atoms with Crippen LogP contribution in [0.1, 0.15) is 40.5 Å². The maximum atomic E-state index is 6.40. The minimum atomic E-state index is -0.371. The van der Waals surface area contributed by atoms with Gasteiger partial charge in [-0.1, -0.05) is 42.5 Å². The Kier molecular flexibility index (Phi) is 3.87. The molecule has 3 nitrogen and oxygen atoms in total. The van der Waals surface area contributed by atoms with E-state index >= 15 is 0 Å². The first-order valence-electron chi connectivity index (χ1n) is 10.1. The molecule has 0 unspecified atom stereocenters. The van der Waals surface area contributed by atoms with Crippen molar-refractivity contribution < 1.29 is 9.31 Å². The maximum Gasteiger partial charge on any atom is 0.495 e. The Bertz CT molecular complexity index is 1120. The number of rotatable bonds is 2. The molecule has 0 atom stereocenters. The average molecular weight is 371 g/mol. The van der Waals surface area contributed by atoms with E-state index in [9.17, 15) is 0 Å². The second-order valence-electron chi connectivity index (χ2n) is 8.79. The maximum absolute atomic E-state index is 6.40. The zero-order valence-electron chi connectivity index (χ0n) is 17.0. The van der Waals surface area contributed by atoms with E-state index < -0.39 is 0 Å². The normalized spacial score (nSPS) is 20.9. The minimum absolute atomic E-state index is 0.354. The molecule has 0 bridgehead atoms. The van der Waals surface area contributed by atoms with Gasteiger partial charge in [-0.3, -0.25) is 0 Å². The Hall–Kier alpha value is -2.30. The summed E-state index contributed by atoms with van der Waals surface area (Å²) in [4.78, 5) is 0. The van der Waals surface area contributed by atoms with E-state index in [4.69, 9.17) is 9.31 Å². The molecular weight excluding hydrogens is 345 g/mol. The molecule has 3 aromatic rings. The number of benzene rings is 2. The highest BCUT2D eigenvalue weighted by Crippen LogP contribution is 2.38. The van der Waals surface area contributed by atoms with Gasteiger partial charge in [0.1, 0.15) is 0 Å². The van der Waals surface area contributed by atoms with E-state index in [1.807, 2.05) is 0 Å². The average Bonchev–Trinajstić information content (AvgIpc) is 3.13. The minimum Gasteiger partial charge on any atom is -0.399 e. The van der Waals surface area contributed by atoms with Crippen molar-refractivity contribution in [2.24, 2.45) is 0 Å². The highest BCUT2D eigenvalue weighted by molar-refractivity contribution is 6.66. The quantitative estimate of drug-likeness (QED) is 0.572. The van der Waals surface area contributed by atoms with E-state index in [1.165, 1.54) is 27.5 Å². The zero-order chi connectivity index (χ0) is 19.5. The summed E-state index contributed by atoms with van der Waals surface area (Å²) in [7, 11) is -0.371. The van der Waals surface area contributed by atoms with E-state index in [0.717, 1.165) is 18.3 Å². The third-order valence-electron chi connectivity index (χ3n) is 6.47. The van der Waals surface area contributed by atoms with Crippen LogP contribution in [0.15, 0.2) is 60.7 Å².